The predicted octanol–water partition coefficient (Wildman–Crippen LogP) is 4.12. The van der Waals surface area contributed by atoms with Crippen molar-refractivity contribution in [3.8, 4) is 5.75 Å². The van der Waals surface area contributed by atoms with Gasteiger partial charge in [0.1, 0.15) is 11.3 Å². The molecular weight excluding hydrogens is 576 g/mol. The van der Waals surface area contributed by atoms with Gasteiger partial charge >= 0.3 is 5.97 Å². The van der Waals surface area contributed by atoms with E-state index in [-0.39, 0.29) is 22.4 Å². The number of benzene rings is 3. The van der Waals surface area contributed by atoms with Crippen LogP contribution in [0.15, 0.2) is 48.5 Å². The second-order valence-corrected chi connectivity index (χ2v) is 8.07. The van der Waals surface area contributed by atoms with E-state index in [4.69, 9.17) is 4.84 Å². The Morgan fingerprint density at radius 3 is 2.04 bits per heavy atom. The summed E-state index contributed by atoms with van der Waals surface area (Å²) in [7, 11) is 0. The van der Waals surface area contributed by atoms with Gasteiger partial charge in [-0.1, -0.05) is 29.3 Å². The van der Waals surface area contributed by atoms with Crippen molar-refractivity contribution in [2.75, 3.05) is 0 Å². The summed E-state index contributed by atoms with van der Waals surface area (Å²) >= 11 is 3.75. The summed E-state index contributed by atoms with van der Waals surface area (Å²) in [6.07, 6.45) is 0. The molecule has 6 nitrogen and oxygen atoms in total. The van der Waals surface area contributed by atoms with Crippen LogP contribution in [-0.2, 0) is 4.84 Å². The van der Waals surface area contributed by atoms with Crippen molar-refractivity contribution < 1.29 is 24.3 Å². The van der Waals surface area contributed by atoms with Crippen LogP contribution < -0.4 is 0 Å². The van der Waals surface area contributed by atoms with Gasteiger partial charge in [-0.3, -0.25) is 9.59 Å². The third-order valence-corrected chi connectivity index (χ3v) is 5.96. The summed E-state index contributed by atoms with van der Waals surface area (Å²) < 4.78 is 0.890. The Hall–Kier alpha value is -2.21. The maximum Gasteiger partial charge on any atom is 0.368 e. The third-order valence-electron chi connectivity index (χ3n) is 4.19. The molecule has 0 atom stereocenters. The van der Waals surface area contributed by atoms with E-state index in [9.17, 15) is 19.5 Å². The zero-order valence-electron chi connectivity index (χ0n) is 13.4. The lowest BCUT2D eigenvalue weighted by Gasteiger charge is -2.25. The molecule has 1 aliphatic rings. The number of nitrogens with zero attached hydrogens (tertiary/aromatic N) is 1. The number of hydrogen-bond donors (Lipinski definition) is 1. The van der Waals surface area contributed by atoms with E-state index in [1.54, 1.807) is 48.5 Å². The highest BCUT2D eigenvalue weighted by Crippen LogP contribution is 2.32. The molecule has 2 amide bonds. The zero-order valence-corrected chi connectivity index (χ0v) is 17.7. The van der Waals surface area contributed by atoms with Gasteiger partial charge in [0.05, 0.1) is 14.7 Å². The van der Waals surface area contributed by atoms with Gasteiger partial charge in [-0.05, 0) is 74.8 Å². The molecule has 0 fully saturated rings. The number of phenols is 1. The van der Waals surface area contributed by atoms with Crippen LogP contribution in [0.2, 0.25) is 0 Å². The molecule has 0 aliphatic carbocycles. The second-order valence-electron chi connectivity index (χ2n) is 5.75. The number of rotatable bonds is 2. The summed E-state index contributed by atoms with van der Waals surface area (Å²) in [4.78, 5) is 43.3. The molecule has 1 aliphatic heterocycles. The van der Waals surface area contributed by atoms with Crippen LogP contribution in [0, 0.1) is 7.14 Å². The number of amides is 2. The number of halogens is 2. The highest BCUT2D eigenvalue weighted by molar-refractivity contribution is 14.1. The molecule has 1 N–H and O–H groups in total. The van der Waals surface area contributed by atoms with Gasteiger partial charge < -0.3 is 9.94 Å². The van der Waals surface area contributed by atoms with E-state index in [1.807, 2.05) is 45.2 Å². The van der Waals surface area contributed by atoms with Gasteiger partial charge in [0.2, 0.25) is 0 Å². The number of imide groups is 1. The molecule has 1 heterocycles. The van der Waals surface area contributed by atoms with Crippen LogP contribution in [0.3, 0.4) is 0 Å². The largest absolute Gasteiger partial charge is 0.506 e. The van der Waals surface area contributed by atoms with Gasteiger partial charge in [0.25, 0.3) is 11.8 Å². The van der Waals surface area contributed by atoms with E-state index in [1.165, 1.54) is 0 Å². The SMILES string of the molecule is O=C(ON1C(=O)c2cccc3cccc(c23)C1=O)c1c(I)ccc(I)c1O. The lowest BCUT2D eigenvalue weighted by Crippen LogP contribution is -2.41. The average molecular weight is 585 g/mol. The van der Waals surface area contributed by atoms with Gasteiger partial charge in [0, 0.05) is 8.96 Å². The maximum atomic E-state index is 12.8. The number of aromatic hydroxyl groups is 1. The molecule has 8 heteroatoms. The topological polar surface area (TPSA) is 83.9 Å². The van der Waals surface area contributed by atoms with E-state index in [0.29, 0.717) is 17.6 Å². The minimum atomic E-state index is -0.983. The van der Waals surface area contributed by atoms with Crippen molar-refractivity contribution in [3.05, 3.63) is 72.4 Å². The Bertz CT molecular complexity index is 1110. The summed E-state index contributed by atoms with van der Waals surface area (Å²) in [6, 6.07) is 13.4. The fraction of sp³-hybridized carbons (Fsp3) is 0. The number of hydrogen-bond acceptors (Lipinski definition) is 5. The van der Waals surface area contributed by atoms with Crippen LogP contribution in [0.4, 0.5) is 0 Å². The molecule has 0 saturated heterocycles. The first-order valence-electron chi connectivity index (χ1n) is 7.70. The number of phenolic OH excluding ortho intramolecular Hbond substituents is 1. The highest BCUT2D eigenvalue weighted by Gasteiger charge is 2.37. The smallest absolute Gasteiger partial charge is 0.368 e. The van der Waals surface area contributed by atoms with Gasteiger partial charge in [-0.15, -0.1) is 0 Å². The Labute approximate surface area is 180 Å². The zero-order chi connectivity index (χ0) is 19.3. The molecule has 0 aromatic heterocycles. The van der Waals surface area contributed by atoms with Crippen LogP contribution in [0.25, 0.3) is 10.8 Å². The second kappa shape index (κ2) is 6.75. The molecular formula is C19H9I2NO5. The predicted molar refractivity (Wildman–Crippen MR) is 113 cm³/mol. The van der Waals surface area contributed by atoms with Gasteiger partial charge in [-0.2, -0.15) is 0 Å². The minimum absolute atomic E-state index is 0.0971. The highest BCUT2D eigenvalue weighted by atomic mass is 127. The Morgan fingerprint density at radius 1 is 0.889 bits per heavy atom. The maximum absolute atomic E-state index is 12.8. The van der Waals surface area contributed by atoms with E-state index in [2.05, 4.69) is 0 Å². The molecule has 134 valence electrons. The van der Waals surface area contributed by atoms with Gasteiger partial charge in [0.15, 0.2) is 0 Å². The fourth-order valence-corrected chi connectivity index (χ4v) is 4.06. The Balaban J connectivity index is 1.77. The van der Waals surface area contributed by atoms with Gasteiger partial charge in [-0.25, -0.2) is 4.79 Å². The summed E-state index contributed by atoms with van der Waals surface area (Å²) in [5, 5.41) is 11.9. The average Bonchev–Trinajstić information content (AvgIpc) is 2.66. The van der Waals surface area contributed by atoms with Crippen molar-refractivity contribution in [3.63, 3.8) is 0 Å². The molecule has 0 bridgehead atoms. The van der Waals surface area contributed by atoms with E-state index < -0.39 is 17.8 Å². The van der Waals surface area contributed by atoms with Crippen molar-refractivity contribution in [2.45, 2.75) is 0 Å². The first-order chi connectivity index (χ1) is 12.9. The van der Waals surface area contributed by atoms with Crippen LogP contribution in [0.1, 0.15) is 31.1 Å². The molecule has 27 heavy (non-hydrogen) atoms. The summed E-state index contributed by atoms with van der Waals surface area (Å²) in [5.41, 5.74) is 0.453. The lowest BCUT2D eigenvalue weighted by atomic mass is 9.95. The van der Waals surface area contributed by atoms with Crippen molar-refractivity contribution in [1.82, 2.24) is 5.06 Å². The molecule has 0 unspecified atom stereocenters. The van der Waals surface area contributed by atoms with Crippen LogP contribution >= 0.6 is 45.2 Å². The quantitative estimate of drug-likeness (QED) is 0.362. The fourth-order valence-electron chi connectivity index (χ4n) is 2.96. The normalized spacial score (nSPS) is 13.2. The first kappa shape index (κ1) is 18.2. The van der Waals surface area contributed by atoms with Crippen molar-refractivity contribution in [2.24, 2.45) is 0 Å². The summed E-state index contributed by atoms with van der Waals surface area (Å²) in [5.74, 6) is -2.69. The molecule has 4 rings (SSSR count). The first-order valence-corrected chi connectivity index (χ1v) is 9.85. The molecule has 3 aromatic rings. The van der Waals surface area contributed by atoms with E-state index >= 15 is 0 Å². The Morgan fingerprint density at radius 2 is 1.44 bits per heavy atom. The standard InChI is InChI=1S/C19H9I2NO5/c20-12-7-8-13(21)16(23)15(12)19(26)27-22-17(24)10-5-1-3-9-4-2-6-11(14(9)10)18(22)25/h1-8,23H. The Kier molecular flexibility index (Phi) is 4.54. The number of hydroxylamine groups is 2. The molecule has 0 radical (unpaired) electrons. The lowest BCUT2D eigenvalue weighted by molar-refractivity contribution is -0.0623. The number of carbonyl (C=O) groups is 3. The monoisotopic (exact) mass is 585 g/mol. The van der Waals surface area contributed by atoms with Crippen LogP contribution in [-0.4, -0.2) is 28.0 Å². The molecule has 3 aromatic carbocycles. The minimum Gasteiger partial charge on any atom is -0.506 e. The van der Waals surface area contributed by atoms with Crippen molar-refractivity contribution in [1.29, 1.82) is 0 Å². The molecule has 0 saturated carbocycles. The van der Waals surface area contributed by atoms with Crippen molar-refractivity contribution >= 4 is 73.7 Å². The molecule has 0 spiro atoms. The number of carbonyl (C=O) groups excluding carboxylic acids is 3. The van der Waals surface area contributed by atoms with E-state index in [0.717, 1.165) is 5.39 Å². The third kappa shape index (κ3) is 2.87. The summed E-state index contributed by atoms with van der Waals surface area (Å²) in [6.45, 7) is 0. The van der Waals surface area contributed by atoms with Crippen LogP contribution in [0.5, 0.6) is 5.75 Å².